The van der Waals surface area contributed by atoms with Gasteiger partial charge in [-0.05, 0) is 17.7 Å². The van der Waals surface area contributed by atoms with Crippen LogP contribution in [0.15, 0.2) is 24.3 Å². The second-order valence-corrected chi connectivity index (χ2v) is 3.85. The number of hydrogen-bond donors (Lipinski definition) is 0. The van der Waals surface area contributed by atoms with Gasteiger partial charge in [0.2, 0.25) is 0 Å². The van der Waals surface area contributed by atoms with E-state index in [1.165, 1.54) is 0 Å². The minimum Gasteiger partial charge on any atom is -0.332 e. The summed E-state index contributed by atoms with van der Waals surface area (Å²) >= 11 is 8.59. The van der Waals surface area contributed by atoms with Gasteiger partial charge in [-0.1, -0.05) is 23.7 Å². The molecule has 0 saturated heterocycles. The normalized spacial score (nSPS) is 9.77. The average Bonchev–Trinajstić information content (AvgIpc) is 2.08. The van der Waals surface area contributed by atoms with Crippen LogP contribution in [0, 0.1) is 0 Å². The number of halogens is 2. The molecule has 0 aliphatic carbocycles. The van der Waals surface area contributed by atoms with Gasteiger partial charge in [0.05, 0.1) is 0 Å². The highest BCUT2D eigenvalue weighted by Gasteiger charge is 2.03. The Hall–Kier alpha value is -0.540. The Morgan fingerprint density at radius 3 is 2.46 bits per heavy atom. The molecule has 4 heteroatoms. The molecule has 0 aliphatic rings. The van der Waals surface area contributed by atoms with Crippen LogP contribution in [0.25, 0.3) is 0 Å². The molecule has 0 N–H and O–H groups in total. The van der Waals surface area contributed by atoms with E-state index in [0.29, 0.717) is 11.6 Å². The fraction of sp³-hybridized carbons (Fsp3) is 0.222. The number of hydrogen-bond acceptors (Lipinski definition) is 1. The van der Waals surface area contributed by atoms with Crippen LogP contribution >= 0.6 is 27.5 Å². The van der Waals surface area contributed by atoms with Crippen LogP contribution in [-0.4, -0.2) is 16.8 Å². The van der Waals surface area contributed by atoms with Crippen molar-refractivity contribution in [2.75, 3.05) is 7.05 Å². The van der Waals surface area contributed by atoms with Crippen molar-refractivity contribution in [3.05, 3.63) is 34.9 Å². The largest absolute Gasteiger partial charge is 0.332 e. The van der Waals surface area contributed by atoms with E-state index in [1.807, 2.05) is 24.3 Å². The highest BCUT2D eigenvalue weighted by atomic mass is 79.9. The first-order valence-electron chi connectivity index (χ1n) is 3.74. The zero-order valence-corrected chi connectivity index (χ0v) is 9.47. The van der Waals surface area contributed by atoms with E-state index in [-0.39, 0.29) is 4.82 Å². The maximum atomic E-state index is 10.8. The number of amides is 1. The Balaban J connectivity index is 2.64. The van der Waals surface area contributed by atoms with Gasteiger partial charge in [0.1, 0.15) is 0 Å². The molecule has 0 aromatic heterocycles. The molecule has 0 unspecified atom stereocenters. The first-order chi connectivity index (χ1) is 6.09. The summed E-state index contributed by atoms with van der Waals surface area (Å²) in [5, 5.41) is 0.705. The molecule has 13 heavy (non-hydrogen) atoms. The highest BCUT2D eigenvalue weighted by Crippen LogP contribution is 2.11. The summed E-state index contributed by atoms with van der Waals surface area (Å²) in [5.74, 6) is 0. The molecule has 2 nitrogen and oxygen atoms in total. The predicted octanol–water partition coefficient (Wildman–Crippen LogP) is 3.29. The fourth-order valence-corrected chi connectivity index (χ4v) is 1.18. The van der Waals surface area contributed by atoms with Crippen molar-refractivity contribution in [2.45, 2.75) is 6.54 Å². The fourth-order valence-electron chi connectivity index (χ4n) is 0.926. The van der Waals surface area contributed by atoms with Crippen LogP contribution in [0.1, 0.15) is 5.56 Å². The highest BCUT2D eigenvalue weighted by molar-refractivity contribution is 9.18. The second kappa shape index (κ2) is 4.63. The van der Waals surface area contributed by atoms with Gasteiger partial charge >= 0.3 is 0 Å². The van der Waals surface area contributed by atoms with Gasteiger partial charge in [0.25, 0.3) is 4.82 Å². The third kappa shape index (κ3) is 3.36. The van der Waals surface area contributed by atoms with Crippen LogP contribution in [0.3, 0.4) is 0 Å². The van der Waals surface area contributed by atoms with E-state index in [9.17, 15) is 4.79 Å². The number of rotatable bonds is 2. The van der Waals surface area contributed by atoms with E-state index >= 15 is 0 Å². The molecule has 1 amide bonds. The SMILES string of the molecule is CN(Cc1ccc(Cl)cc1)C(=O)Br. The Morgan fingerprint density at radius 1 is 1.46 bits per heavy atom. The summed E-state index contributed by atoms with van der Waals surface area (Å²) in [6.07, 6.45) is 0. The Morgan fingerprint density at radius 2 is 2.00 bits per heavy atom. The van der Waals surface area contributed by atoms with Gasteiger partial charge < -0.3 is 4.90 Å². The maximum absolute atomic E-state index is 10.8. The van der Waals surface area contributed by atoms with Crippen LogP contribution < -0.4 is 0 Å². The first kappa shape index (κ1) is 10.5. The zero-order valence-electron chi connectivity index (χ0n) is 7.13. The third-order valence-corrected chi connectivity index (χ3v) is 2.49. The Bertz CT molecular complexity index is 299. The van der Waals surface area contributed by atoms with Gasteiger partial charge in [-0.15, -0.1) is 0 Å². The second-order valence-electron chi connectivity index (χ2n) is 2.74. The van der Waals surface area contributed by atoms with Crippen LogP contribution in [0.5, 0.6) is 0 Å². The molecule has 0 fully saturated rings. The van der Waals surface area contributed by atoms with Crippen molar-refractivity contribution < 1.29 is 4.79 Å². The number of carbonyl (C=O) groups is 1. The van der Waals surface area contributed by atoms with Crippen LogP contribution in [0.4, 0.5) is 4.79 Å². The van der Waals surface area contributed by atoms with E-state index in [0.717, 1.165) is 5.56 Å². The standard InChI is InChI=1S/C9H9BrClNO/c1-12(9(10)13)6-7-2-4-8(11)5-3-7/h2-5H,6H2,1H3. The molecule has 0 heterocycles. The summed E-state index contributed by atoms with van der Waals surface area (Å²) < 4.78 is 0. The maximum Gasteiger partial charge on any atom is 0.289 e. The van der Waals surface area contributed by atoms with E-state index in [2.05, 4.69) is 15.9 Å². The molecule has 0 bridgehead atoms. The first-order valence-corrected chi connectivity index (χ1v) is 4.92. The Kier molecular flexibility index (Phi) is 3.75. The topological polar surface area (TPSA) is 20.3 Å². The summed E-state index contributed by atoms with van der Waals surface area (Å²) in [5.41, 5.74) is 1.06. The summed E-state index contributed by atoms with van der Waals surface area (Å²) in [7, 11) is 1.73. The van der Waals surface area contributed by atoms with Crippen molar-refractivity contribution in [1.29, 1.82) is 0 Å². The van der Waals surface area contributed by atoms with E-state index in [4.69, 9.17) is 11.6 Å². The molecule has 0 atom stereocenters. The number of nitrogens with zero attached hydrogens (tertiary/aromatic N) is 1. The molecule has 0 aliphatic heterocycles. The van der Waals surface area contributed by atoms with Gasteiger partial charge in [-0.25, -0.2) is 0 Å². The molecule has 1 rings (SSSR count). The number of benzene rings is 1. The van der Waals surface area contributed by atoms with Crippen LogP contribution in [-0.2, 0) is 6.54 Å². The summed E-state index contributed by atoms with van der Waals surface area (Å²) in [6.45, 7) is 0.585. The van der Waals surface area contributed by atoms with Crippen molar-refractivity contribution >= 4 is 32.3 Å². The summed E-state index contributed by atoms with van der Waals surface area (Å²) in [6, 6.07) is 7.41. The number of carbonyl (C=O) groups excluding carboxylic acids is 1. The molecular weight excluding hydrogens is 253 g/mol. The minimum absolute atomic E-state index is 0.123. The average molecular weight is 263 g/mol. The zero-order chi connectivity index (χ0) is 9.84. The molecule has 0 saturated carbocycles. The molecular formula is C9H9BrClNO. The quantitative estimate of drug-likeness (QED) is 0.592. The molecule has 0 spiro atoms. The van der Waals surface area contributed by atoms with E-state index in [1.54, 1.807) is 11.9 Å². The summed E-state index contributed by atoms with van der Waals surface area (Å²) in [4.78, 5) is 12.3. The monoisotopic (exact) mass is 261 g/mol. The molecule has 0 radical (unpaired) electrons. The van der Waals surface area contributed by atoms with Gasteiger partial charge in [0, 0.05) is 34.5 Å². The lowest BCUT2D eigenvalue weighted by Gasteiger charge is -2.13. The minimum atomic E-state index is -0.123. The van der Waals surface area contributed by atoms with Crippen molar-refractivity contribution in [2.24, 2.45) is 0 Å². The van der Waals surface area contributed by atoms with Crippen molar-refractivity contribution in [1.82, 2.24) is 4.90 Å². The van der Waals surface area contributed by atoms with Crippen LogP contribution in [0.2, 0.25) is 5.02 Å². The lowest BCUT2D eigenvalue weighted by atomic mass is 10.2. The molecule has 70 valence electrons. The van der Waals surface area contributed by atoms with Gasteiger partial charge in [-0.3, -0.25) is 4.79 Å². The van der Waals surface area contributed by atoms with Gasteiger partial charge in [-0.2, -0.15) is 0 Å². The third-order valence-electron chi connectivity index (χ3n) is 1.63. The lowest BCUT2D eigenvalue weighted by Crippen LogP contribution is -2.19. The van der Waals surface area contributed by atoms with Crippen molar-refractivity contribution in [3.63, 3.8) is 0 Å². The van der Waals surface area contributed by atoms with E-state index < -0.39 is 0 Å². The Labute approximate surface area is 90.6 Å². The predicted molar refractivity (Wildman–Crippen MR) is 57.2 cm³/mol. The van der Waals surface area contributed by atoms with Gasteiger partial charge in [0.15, 0.2) is 0 Å². The lowest BCUT2D eigenvalue weighted by molar-refractivity contribution is 0.233. The van der Waals surface area contributed by atoms with Crippen molar-refractivity contribution in [3.8, 4) is 0 Å². The smallest absolute Gasteiger partial charge is 0.289 e. The molecule has 1 aromatic carbocycles. The molecule has 1 aromatic rings.